The summed E-state index contributed by atoms with van der Waals surface area (Å²) in [7, 11) is 1.26. The number of H-pyrrole nitrogens is 2. The van der Waals surface area contributed by atoms with E-state index in [1.54, 1.807) is 19.4 Å². The number of non-ortho nitro benzene ring substituents is 1. The molecule has 0 spiro atoms. The molecule has 2 heterocycles. The number of nitro groups is 1. The first-order valence-electron chi connectivity index (χ1n) is 9.05. The molecule has 0 amide bonds. The zero-order chi connectivity index (χ0) is 21.7. The van der Waals surface area contributed by atoms with Gasteiger partial charge in [-0.05, 0) is 19.1 Å². The van der Waals surface area contributed by atoms with Gasteiger partial charge in [-0.15, -0.1) is 0 Å². The summed E-state index contributed by atoms with van der Waals surface area (Å²) < 4.78 is 5.95. The number of carbonyl (C=O) groups is 1. The number of esters is 1. The fraction of sp³-hybridized carbons (Fsp3) is 0.263. The van der Waals surface area contributed by atoms with Crippen molar-refractivity contribution in [2.75, 3.05) is 13.7 Å². The summed E-state index contributed by atoms with van der Waals surface area (Å²) in [5.74, 6) is -0.515. The van der Waals surface area contributed by atoms with Crippen LogP contribution in [0.25, 0.3) is 5.69 Å². The van der Waals surface area contributed by atoms with Crippen LogP contribution in [0.15, 0.2) is 46.6 Å². The molecule has 30 heavy (non-hydrogen) atoms. The maximum atomic E-state index is 13.1. The molecule has 0 fully saturated rings. The number of aromatic nitrogens is 4. The van der Waals surface area contributed by atoms with Crippen LogP contribution in [0.3, 0.4) is 0 Å². The van der Waals surface area contributed by atoms with E-state index in [9.17, 15) is 19.7 Å². The number of rotatable bonds is 8. The third-order valence-electron chi connectivity index (χ3n) is 4.48. The van der Waals surface area contributed by atoms with Gasteiger partial charge in [0.2, 0.25) is 0 Å². The van der Waals surface area contributed by atoms with E-state index in [4.69, 9.17) is 4.74 Å². The smallest absolute Gasteiger partial charge is 0.311 e. The number of aliphatic imine (C=N–C) groups is 1. The standard InChI is InChI=1S/C19H20N6O5/c1-12(21-8-7-13-10-20-11-22-13)18-16(9-17(26)30-2)23-24(19(18)27)14-3-5-15(6-4-14)25(28)29/h3-6,10-11,23H,7-9H2,1-2H3,(H,20,22). The molecule has 0 aliphatic heterocycles. The Labute approximate surface area is 170 Å². The molecular formula is C19H20N6O5. The van der Waals surface area contributed by atoms with Gasteiger partial charge in [-0.3, -0.25) is 29.8 Å². The highest BCUT2D eigenvalue weighted by molar-refractivity contribution is 6.00. The highest BCUT2D eigenvalue weighted by Gasteiger charge is 2.20. The van der Waals surface area contributed by atoms with Crippen LogP contribution in [0, 0.1) is 10.1 Å². The number of nitro benzene ring substituents is 1. The second-order valence-corrected chi connectivity index (χ2v) is 6.43. The summed E-state index contributed by atoms with van der Waals surface area (Å²) in [6.07, 6.45) is 3.75. The van der Waals surface area contributed by atoms with E-state index in [2.05, 4.69) is 20.1 Å². The average Bonchev–Trinajstić information content (AvgIpc) is 3.35. The molecule has 0 unspecified atom stereocenters. The Morgan fingerprint density at radius 1 is 1.33 bits per heavy atom. The maximum absolute atomic E-state index is 13.1. The number of benzene rings is 1. The Hall–Kier alpha value is -4.02. The second-order valence-electron chi connectivity index (χ2n) is 6.43. The van der Waals surface area contributed by atoms with Crippen molar-refractivity contribution in [2.45, 2.75) is 19.8 Å². The maximum Gasteiger partial charge on any atom is 0.311 e. The van der Waals surface area contributed by atoms with Crippen molar-refractivity contribution in [2.24, 2.45) is 4.99 Å². The van der Waals surface area contributed by atoms with Crippen molar-refractivity contribution < 1.29 is 14.5 Å². The Kier molecular flexibility index (Phi) is 6.20. The van der Waals surface area contributed by atoms with Crippen molar-refractivity contribution >= 4 is 17.4 Å². The predicted octanol–water partition coefficient (Wildman–Crippen LogP) is 1.56. The molecule has 11 nitrogen and oxygen atoms in total. The van der Waals surface area contributed by atoms with Crippen LogP contribution in [0.1, 0.15) is 23.9 Å². The van der Waals surface area contributed by atoms with E-state index in [0.717, 1.165) is 5.69 Å². The van der Waals surface area contributed by atoms with E-state index in [0.29, 0.717) is 30.1 Å². The summed E-state index contributed by atoms with van der Waals surface area (Å²) in [5, 5.41) is 13.8. The lowest BCUT2D eigenvalue weighted by atomic mass is 10.1. The normalized spacial score (nSPS) is 11.5. The third kappa shape index (κ3) is 4.51. The molecule has 11 heteroatoms. The molecule has 0 atom stereocenters. The Bertz CT molecular complexity index is 1130. The molecule has 156 valence electrons. The van der Waals surface area contributed by atoms with E-state index >= 15 is 0 Å². The fourth-order valence-electron chi connectivity index (χ4n) is 2.95. The van der Waals surface area contributed by atoms with Gasteiger partial charge in [0.05, 0.1) is 41.7 Å². The first kappa shape index (κ1) is 20.7. The first-order valence-corrected chi connectivity index (χ1v) is 9.05. The van der Waals surface area contributed by atoms with Gasteiger partial charge in [-0.2, -0.15) is 0 Å². The summed E-state index contributed by atoms with van der Waals surface area (Å²) >= 11 is 0. The SMILES string of the molecule is COC(=O)Cc1[nH]n(-c2ccc([N+](=O)[O-])cc2)c(=O)c1C(C)=NCCc1cnc[nH]1. The number of methoxy groups -OCH3 is 1. The fourth-order valence-corrected chi connectivity index (χ4v) is 2.95. The average molecular weight is 412 g/mol. The molecule has 2 N–H and O–H groups in total. The van der Waals surface area contributed by atoms with Gasteiger partial charge in [0, 0.05) is 42.7 Å². The number of carbonyl (C=O) groups excluding carboxylic acids is 1. The minimum absolute atomic E-state index is 0.0927. The quantitative estimate of drug-likeness (QED) is 0.248. The molecule has 3 aromatic rings. The van der Waals surface area contributed by atoms with Crippen molar-refractivity contribution in [1.29, 1.82) is 0 Å². The molecule has 0 saturated heterocycles. The highest BCUT2D eigenvalue weighted by Crippen LogP contribution is 2.15. The van der Waals surface area contributed by atoms with Crippen LogP contribution in [0.2, 0.25) is 0 Å². The summed E-state index contributed by atoms with van der Waals surface area (Å²) in [6, 6.07) is 5.50. The molecule has 1 aromatic carbocycles. The Balaban J connectivity index is 1.96. The molecule has 0 aliphatic rings. The van der Waals surface area contributed by atoms with Gasteiger partial charge in [0.1, 0.15) is 0 Å². The number of aromatic amines is 2. The van der Waals surface area contributed by atoms with Gasteiger partial charge in [-0.1, -0.05) is 0 Å². The third-order valence-corrected chi connectivity index (χ3v) is 4.48. The van der Waals surface area contributed by atoms with Gasteiger partial charge >= 0.3 is 5.97 Å². The molecule has 3 rings (SSSR count). The number of imidazole rings is 1. The summed E-state index contributed by atoms with van der Waals surface area (Å²) in [5.41, 5.74) is 1.90. The lowest BCUT2D eigenvalue weighted by molar-refractivity contribution is -0.384. The van der Waals surface area contributed by atoms with E-state index in [1.165, 1.54) is 36.1 Å². The van der Waals surface area contributed by atoms with E-state index in [1.807, 2.05) is 0 Å². The second kappa shape index (κ2) is 8.99. The number of nitrogens with zero attached hydrogens (tertiary/aromatic N) is 4. The van der Waals surface area contributed by atoms with Crippen LogP contribution >= 0.6 is 0 Å². The predicted molar refractivity (Wildman–Crippen MR) is 108 cm³/mol. The number of nitrogens with one attached hydrogen (secondary N) is 2. The number of hydrogen-bond donors (Lipinski definition) is 2. The molecule has 0 bridgehead atoms. The van der Waals surface area contributed by atoms with Crippen molar-refractivity contribution in [3.05, 3.63) is 74.2 Å². The number of hydrogen-bond acceptors (Lipinski definition) is 7. The van der Waals surface area contributed by atoms with Crippen LogP contribution in [-0.4, -0.2) is 50.0 Å². The monoisotopic (exact) mass is 412 g/mol. The zero-order valence-electron chi connectivity index (χ0n) is 16.4. The van der Waals surface area contributed by atoms with Gasteiger partial charge in [0.25, 0.3) is 11.2 Å². The largest absolute Gasteiger partial charge is 0.469 e. The van der Waals surface area contributed by atoms with Crippen molar-refractivity contribution in [3.63, 3.8) is 0 Å². The molecule has 0 saturated carbocycles. The van der Waals surface area contributed by atoms with Crippen molar-refractivity contribution in [3.8, 4) is 5.69 Å². The Morgan fingerprint density at radius 3 is 2.67 bits per heavy atom. The highest BCUT2D eigenvalue weighted by atomic mass is 16.6. The molecule has 0 radical (unpaired) electrons. The van der Waals surface area contributed by atoms with Crippen LogP contribution in [0.4, 0.5) is 5.69 Å². The van der Waals surface area contributed by atoms with E-state index in [-0.39, 0.29) is 17.7 Å². The van der Waals surface area contributed by atoms with Crippen LogP contribution in [0.5, 0.6) is 0 Å². The Morgan fingerprint density at radius 2 is 2.07 bits per heavy atom. The van der Waals surface area contributed by atoms with Crippen LogP contribution in [-0.2, 0) is 22.4 Å². The van der Waals surface area contributed by atoms with Gasteiger partial charge in [0.15, 0.2) is 0 Å². The topological polar surface area (TPSA) is 148 Å². The number of ether oxygens (including phenoxy) is 1. The van der Waals surface area contributed by atoms with Gasteiger partial charge < -0.3 is 9.72 Å². The van der Waals surface area contributed by atoms with Gasteiger partial charge in [-0.25, -0.2) is 9.67 Å². The minimum atomic E-state index is -0.522. The minimum Gasteiger partial charge on any atom is -0.469 e. The van der Waals surface area contributed by atoms with E-state index < -0.39 is 16.5 Å². The zero-order valence-corrected chi connectivity index (χ0v) is 16.4. The lowest BCUT2D eigenvalue weighted by Crippen LogP contribution is -2.20. The van der Waals surface area contributed by atoms with Crippen LogP contribution < -0.4 is 5.56 Å². The van der Waals surface area contributed by atoms with Crippen molar-refractivity contribution in [1.82, 2.24) is 19.7 Å². The lowest BCUT2D eigenvalue weighted by Gasteiger charge is -2.02. The molecular weight excluding hydrogens is 392 g/mol. The summed E-state index contributed by atoms with van der Waals surface area (Å²) in [6.45, 7) is 2.12. The summed E-state index contributed by atoms with van der Waals surface area (Å²) in [4.78, 5) is 46.6. The molecule has 0 aliphatic carbocycles. The first-order chi connectivity index (χ1) is 14.4. The molecule has 2 aromatic heterocycles.